The Kier molecular flexibility index (Phi) is 9.31. The third kappa shape index (κ3) is 7.71. The number of rotatable bonds is 9. The molecular formula is C33H34F3NO4. The smallest absolute Gasteiger partial charge is 0.416 e. The third-order valence-electron chi connectivity index (χ3n) is 7.35. The van der Waals surface area contributed by atoms with Crippen molar-refractivity contribution in [2.45, 2.75) is 50.4 Å². The molecule has 1 aliphatic heterocycles. The Labute approximate surface area is 238 Å². The van der Waals surface area contributed by atoms with Gasteiger partial charge in [-0.3, -0.25) is 0 Å². The van der Waals surface area contributed by atoms with E-state index < -0.39 is 18.8 Å². The van der Waals surface area contributed by atoms with Crippen LogP contribution in [0.3, 0.4) is 0 Å². The van der Waals surface area contributed by atoms with Gasteiger partial charge in [-0.1, -0.05) is 42.8 Å². The van der Waals surface area contributed by atoms with Gasteiger partial charge < -0.3 is 23.9 Å². The quantitative estimate of drug-likeness (QED) is 0.221. The van der Waals surface area contributed by atoms with E-state index >= 15 is 0 Å². The fourth-order valence-electron chi connectivity index (χ4n) is 5.24. The van der Waals surface area contributed by atoms with Crippen molar-refractivity contribution in [2.75, 3.05) is 24.7 Å². The number of anilines is 1. The van der Waals surface area contributed by atoms with Crippen LogP contribution >= 0.6 is 0 Å². The molecule has 41 heavy (non-hydrogen) atoms. The van der Waals surface area contributed by atoms with Crippen LogP contribution in [0.5, 0.6) is 11.5 Å². The van der Waals surface area contributed by atoms with Crippen LogP contribution in [0, 0.1) is 0 Å². The Morgan fingerprint density at radius 1 is 0.878 bits per heavy atom. The molecule has 1 N–H and O–H groups in total. The first-order chi connectivity index (χ1) is 19.9. The molecule has 1 aromatic heterocycles. The zero-order chi connectivity index (χ0) is 28.7. The van der Waals surface area contributed by atoms with Crippen LogP contribution in [0.1, 0.15) is 42.7 Å². The van der Waals surface area contributed by atoms with Gasteiger partial charge in [0.05, 0.1) is 12.8 Å². The number of ether oxygens (including phenoxy) is 2. The molecule has 4 aromatic rings. The van der Waals surface area contributed by atoms with E-state index in [4.69, 9.17) is 13.9 Å². The molecule has 5 nitrogen and oxygen atoms in total. The van der Waals surface area contributed by atoms with Crippen molar-refractivity contribution in [1.82, 2.24) is 0 Å². The molecule has 2 heterocycles. The van der Waals surface area contributed by atoms with Crippen molar-refractivity contribution < 1.29 is 32.2 Å². The molecule has 1 fully saturated rings. The molecule has 0 saturated carbocycles. The minimum absolute atomic E-state index is 0.143. The summed E-state index contributed by atoms with van der Waals surface area (Å²) in [4.78, 5) is 1.53. The zero-order valence-corrected chi connectivity index (χ0v) is 22.7. The molecule has 2 atom stereocenters. The van der Waals surface area contributed by atoms with Gasteiger partial charge in [0.1, 0.15) is 17.3 Å². The van der Waals surface area contributed by atoms with E-state index in [1.54, 1.807) is 42.7 Å². The zero-order valence-electron chi connectivity index (χ0n) is 22.7. The van der Waals surface area contributed by atoms with E-state index in [-0.39, 0.29) is 6.54 Å². The standard InChI is InChI=1S/C33H34F3NO4/c34-33(35,36)32(38)23-37(26-9-6-12-28(21-26)41-27-10-2-1-3-11-27)22-24-14-15-29(25-8-4-5-17-39-19-16-25)30(20-24)31-13-7-18-40-31/h1-3,6-7,9-15,18,20-21,25,32,38H,4-5,8,16-17,19,22-23H2. The van der Waals surface area contributed by atoms with Crippen LogP contribution in [-0.4, -0.2) is 37.1 Å². The summed E-state index contributed by atoms with van der Waals surface area (Å²) in [5.74, 6) is 2.10. The first kappa shape index (κ1) is 28.8. The minimum atomic E-state index is -4.75. The van der Waals surface area contributed by atoms with E-state index in [0.29, 0.717) is 35.5 Å². The fourth-order valence-corrected chi connectivity index (χ4v) is 5.24. The maximum atomic E-state index is 13.5. The van der Waals surface area contributed by atoms with Crippen molar-refractivity contribution in [3.63, 3.8) is 0 Å². The van der Waals surface area contributed by atoms with Gasteiger partial charge in [-0.25, -0.2) is 0 Å². The number of hydrogen-bond acceptors (Lipinski definition) is 5. The molecular weight excluding hydrogens is 531 g/mol. The Hall–Kier alpha value is -3.75. The van der Waals surface area contributed by atoms with Crippen molar-refractivity contribution in [1.29, 1.82) is 0 Å². The normalized spacial score (nSPS) is 16.9. The highest BCUT2D eigenvalue weighted by atomic mass is 19.4. The molecule has 0 aliphatic carbocycles. The topological polar surface area (TPSA) is 55.1 Å². The number of nitrogens with zero attached hydrogens (tertiary/aromatic N) is 1. The molecule has 5 rings (SSSR count). The Morgan fingerprint density at radius 2 is 1.71 bits per heavy atom. The molecule has 1 aliphatic rings. The minimum Gasteiger partial charge on any atom is -0.464 e. The van der Waals surface area contributed by atoms with Crippen LogP contribution in [-0.2, 0) is 11.3 Å². The first-order valence-corrected chi connectivity index (χ1v) is 13.9. The van der Waals surface area contributed by atoms with Gasteiger partial charge in [0.2, 0.25) is 0 Å². The molecule has 0 amide bonds. The summed E-state index contributed by atoms with van der Waals surface area (Å²) < 4.78 is 57.9. The Morgan fingerprint density at radius 3 is 2.49 bits per heavy atom. The molecule has 216 valence electrons. The summed E-state index contributed by atoms with van der Waals surface area (Å²) in [6.07, 6.45) is -1.63. The lowest BCUT2D eigenvalue weighted by atomic mass is 9.85. The first-order valence-electron chi connectivity index (χ1n) is 13.9. The summed E-state index contributed by atoms with van der Waals surface area (Å²) in [6.45, 7) is 0.988. The number of furan rings is 1. The lowest BCUT2D eigenvalue weighted by molar-refractivity contribution is -0.200. The molecule has 3 aromatic carbocycles. The van der Waals surface area contributed by atoms with Gasteiger partial charge in [0.25, 0.3) is 0 Å². The maximum Gasteiger partial charge on any atom is 0.416 e. The van der Waals surface area contributed by atoms with Gasteiger partial charge >= 0.3 is 6.18 Å². The molecule has 1 saturated heterocycles. The lowest BCUT2D eigenvalue weighted by Crippen LogP contribution is -2.40. The molecule has 2 unspecified atom stereocenters. The van der Waals surface area contributed by atoms with E-state index in [9.17, 15) is 18.3 Å². The fraction of sp³-hybridized carbons (Fsp3) is 0.333. The van der Waals surface area contributed by atoms with Crippen LogP contribution in [0.25, 0.3) is 11.3 Å². The maximum absolute atomic E-state index is 13.5. The Bertz CT molecular complexity index is 1370. The summed E-state index contributed by atoms with van der Waals surface area (Å²) in [7, 11) is 0. The van der Waals surface area contributed by atoms with E-state index in [0.717, 1.165) is 49.0 Å². The van der Waals surface area contributed by atoms with Crippen LogP contribution < -0.4 is 9.64 Å². The molecule has 8 heteroatoms. The number of benzene rings is 3. The second kappa shape index (κ2) is 13.3. The summed E-state index contributed by atoms with van der Waals surface area (Å²) in [5, 5.41) is 10.0. The van der Waals surface area contributed by atoms with Gasteiger partial charge in [0, 0.05) is 37.1 Å². The van der Waals surface area contributed by atoms with E-state index in [1.807, 2.05) is 42.5 Å². The Balaban J connectivity index is 1.46. The highest BCUT2D eigenvalue weighted by Crippen LogP contribution is 2.37. The average molecular weight is 566 g/mol. The SMILES string of the molecule is OC(CN(Cc1ccc(C2CCCCOCC2)c(-c2ccco2)c1)c1cccc(Oc2ccccc2)c1)C(F)(F)F. The highest BCUT2D eigenvalue weighted by Gasteiger charge is 2.39. The average Bonchev–Trinajstić information content (AvgIpc) is 3.48. The van der Waals surface area contributed by atoms with Crippen molar-refractivity contribution in [3.05, 3.63) is 102 Å². The molecule has 0 bridgehead atoms. The monoisotopic (exact) mass is 565 g/mol. The van der Waals surface area contributed by atoms with Crippen molar-refractivity contribution in [2.24, 2.45) is 0 Å². The number of halogens is 3. The second-order valence-corrected chi connectivity index (χ2v) is 10.3. The van der Waals surface area contributed by atoms with Gasteiger partial charge in [-0.15, -0.1) is 0 Å². The lowest BCUT2D eigenvalue weighted by Gasteiger charge is -2.29. The van der Waals surface area contributed by atoms with Gasteiger partial charge in [-0.05, 0) is 78.8 Å². The van der Waals surface area contributed by atoms with Crippen molar-refractivity contribution >= 4 is 5.69 Å². The summed E-state index contributed by atoms with van der Waals surface area (Å²) in [6, 6.07) is 25.8. The largest absolute Gasteiger partial charge is 0.464 e. The van der Waals surface area contributed by atoms with E-state index in [2.05, 4.69) is 6.07 Å². The van der Waals surface area contributed by atoms with Crippen LogP contribution in [0.15, 0.2) is 95.6 Å². The summed E-state index contributed by atoms with van der Waals surface area (Å²) >= 11 is 0. The number of aliphatic hydroxyl groups excluding tert-OH is 1. The predicted molar refractivity (Wildman–Crippen MR) is 152 cm³/mol. The number of para-hydroxylation sites is 1. The van der Waals surface area contributed by atoms with Gasteiger partial charge in [0.15, 0.2) is 6.10 Å². The highest BCUT2D eigenvalue weighted by molar-refractivity contribution is 5.65. The van der Waals surface area contributed by atoms with Crippen molar-refractivity contribution in [3.8, 4) is 22.8 Å². The van der Waals surface area contributed by atoms with Crippen LogP contribution in [0.2, 0.25) is 0 Å². The molecule has 0 spiro atoms. The summed E-state index contributed by atoms with van der Waals surface area (Å²) in [5.41, 5.74) is 3.37. The molecule has 0 radical (unpaired) electrons. The number of aliphatic hydroxyl groups is 1. The third-order valence-corrected chi connectivity index (χ3v) is 7.35. The number of hydrogen-bond donors (Lipinski definition) is 1. The predicted octanol–water partition coefficient (Wildman–Crippen LogP) is 8.34. The van der Waals surface area contributed by atoms with Gasteiger partial charge in [-0.2, -0.15) is 13.2 Å². The van der Waals surface area contributed by atoms with Crippen LogP contribution in [0.4, 0.5) is 18.9 Å². The van der Waals surface area contributed by atoms with E-state index in [1.165, 1.54) is 4.90 Å². The number of alkyl halides is 3. The second-order valence-electron chi connectivity index (χ2n) is 10.3.